The van der Waals surface area contributed by atoms with Crippen molar-refractivity contribution in [3.05, 3.63) is 89.0 Å². The Morgan fingerprint density at radius 3 is 2.31 bits per heavy atom. The largest absolute Gasteiger partial charge is 0.493 e. The van der Waals surface area contributed by atoms with Crippen molar-refractivity contribution in [2.45, 2.75) is 13.5 Å². The van der Waals surface area contributed by atoms with E-state index in [9.17, 15) is 18.4 Å². The zero-order chi connectivity index (χ0) is 22.8. The number of ether oxygens (including phenoxy) is 2. The number of aryl methyl sites for hydroxylation is 1. The molecule has 0 saturated heterocycles. The van der Waals surface area contributed by atoms with Crippen LogP contribution in [0.5, 0.6) is 11.5 Å². The van der Waals surface area contributed by atoms with Crippen molar-refractivity contribution < 1.29 is 27.8 Å². The lowest BCUT2D eigenvalue weighted by Gasteiger charge is -2.29. The third kappa shape index (κ3) is 3.97. The van der Waals surface area contributed by atoms with Crippen molar-refractivity contribution in [1.29, 1.82) is 0 Å². The number of anilines is 1. The molecule has 0 bridgehead atoms. The predicted molar refractivity (Wildman–Crippen MR) is 117 cm³/mol. The second-order valence-corrected chi connectivity index (χ2v) is 7.18. The first-order valence-corrected chi connectivity index (χ1v) is 9.78. The fourth-order valence-corrected chi connectivity index (χ4v) is 3.63. The molecule has 0 aliphatic carbocycles. The van der Waals surface area contributed by atoms with E-state index >= 15 is 0 Å². The maximum Gasteiger partial charge on any atom is 0.387 e. The summed E-state index contributed by atoms with van der Waals surface area (Å²) in [5.74, 6) is -0.905. The van der Waals surface area contributed by atoms with Gasteiger partial charge in [-0.3, -0.25) is 9.59 Å². The van der Waals surface area contributed by atoms with Gasteiger partial charge in [-0.15, -0.1) is 0 Å². The lowest BCUT2D eigenvalue weighted by atomic mass is 9.91. The van der Waals surface area contributed by atoms with E-state index < -0.39 is 18.4 Å². The van der Waals surface area contributed by atoms with Gasteiger partial charge in [0.25, 0.3) is 11.8 Å². The van der Waals surface area contributed by atoms with Crippen LogP contribution in [-0.2, 0) is 4.79 Å². The van der Waals surface area contributed by atoms with Gasteiger partial charge < -0.3 is 9.47 Å². The van der Waals surface area contributed by atoms with Crippen molar-refractivity contribution in [3.63, 3.8) is 0 Å². The number of halogens is 2. The Labute approximate surface area is 183 Å². The highest BCUT2D eigenvalue weighted by Gasteiger charge is 2.35. The summed E-state index contributed by atoms with van der Waals surface area (Å²) in [5, 5.41) is 0. The normalized spacial score (nSPS) is 14.7. The summed E-state index contributed by atoms with van der Waals surface area (Å²) in [5.41, 5.74) is 3.10. The Bertz CT molecular complexity index is 1240. The summed E-state index contributed by atoms with van der Waals surface area (Å²) in [6.07, 6.45) is 1.60. The van der Waals surface area contributed by atoms with E-state index in [0.29, 0.717) is 28.0 Å². The average Bonchev–Trinajstić information content (AvgIpc) is 2.77. The molecular weight excluding hydrogens is 416 g/mol. The molecule has 0 unspecified atom stereocenters. The number of alkyl halides is 2. The third-order valence-electron chi connectivity index (χ3n) is 5.06. The molecule has 3 aromatic carbocycles. The number of benzene rings is 3. The summed E-state index contributed by atoms with van der Waals surface area (Å²) < 4.78 is 34.9. The van der Waals surface area contributed by atoms with Gasteiger partial charge in [0.05, 0.1) is 12.8 Å². The molecule has 1 aliphatic heterocycles. The highest BCUT2D eigenvalue weighted by molar-refractivity contribution is 6.43. The number of amides is 2. The minimum Gasteiger partial charge on any atom is -0.493 e. The van der Waals surface area contributed by atoms with Crippen LogP contribution in [0.1, 0.15) is 27.0 Å². The van der Waals surface area contributed by atoms with Gasteiger partial charge in [-0.05, 0) is 60.0 Å². The van der Waals surface area contributed by atoms with Crippen molar-refractivity contribution in [3.8, 4) is 11.5 Å². The predicted octanol–water partition coefficient (Wildman–Crippen LogP) is 5.33. The summed E-state index contributed by atoms with van der Waals surface area (Å²) >= 11 is 0. The monoisotopic (exact) mass is 435 g/mol. The van der Waals surface area contributed by atoms with E-state index in [1.807, 2.05) is 13.0 Å². The number of hydrogen-bond donors (Lipinski definition) is 0. The fourth-order valence-electron chi connectivity index (χ4n) is 3.63. The van der Waals surface area contributed by atoms with Crippen LogP contribution < -0.4 is 14.4 Å². The van der Waals surface area contributed by atoms with Crippen LogP contribution in [0.25, 0.3) is 11.6 Å². The maximum atomic E-state index is 13.5. The highest BCUT2D eigenvalue weighted by Crippen LogP contribution is 2.35. The van der Waals surface area contributed by atoms with Gasteiger partial charge in [0.15, 0.2) is 11.5 Å². The molecule has 0 N–H and O–H groups in total. The lowest BCUT2D eigenvalue weighted by Crippen LogP contribution is -2.41. The van der Waals surface area contributed by atoms with Crippen LogP contribution in [-0.4, -0.2) is 25.5 Å². The Kier molecular flexibility index (Phi) is 5.73. The molecule has 0 spiro atoms. The number of methoxy groups -OCH3 is 1. The average molecular weight is 435 g/mol. The second-order valence-electron chi connectivity index (χ2n) is 7.18. The summed E-state index contributed by atoms with van der Waals surface area (Å²) in [6.45, 7) is -1.11. The minimum absolute atomic E-state index is 0.0998. The zero-order valence-corrected chi connectivity index (χ0v) is 17.3. The fraction of sp³-hybridized carbons (Fsp3) is 0.120. The van der Waals surface area contributed by atoms with Gasteiger partial charge in [0.1, 0.15) is 0 Å². The highest BCUT2D eigenvalue weighted by atomic mass is 19.3. The van der Waals surface area contributed by atoms with Gasteiger partial charge in [0.2, 0.25) is 0 Å². The van der Waals surface area contributed by atoms with Gasteiger partial charge in [0, 0.05) is 11.1 Å². The molecule has 3 aromatic rings. The van der Waals surface area contributed by atoms with E-state index in [1.165, 1.54) is 25.3 Å². The Balaban J connectivity index is 1.84. The van der Waals surface area contributed by atoms with Crippen LogP contribution in [0.15, 0.2) is 66.7 Å². The van der Waals surface area contributed by atoms with E-state index in [-0.39, 0.29) is 11.5 Å². The van der Waals surface area contributed by atoms with Gasteiger partial charge >= 0.3 is 6.61 Å². The summed E-state index contributed by atoms with van der Waals surface area (Å²) in [6, 6.07) is 18.4. The van der Waals surface area contributed by atoms with Gasteiger partial charge in [-0.25, -0.2) is 4.90 Å². The quantitative estimate of drug-likeness (QED) is 0.401. The minimum atomic E-state index is -2.99. The first-order chi connectivity index (χ1) is 15.4. The lowest BCUT2D eigenvalue weighted by molar-refractivity contribution is -0.112. The number of rotatable bonds is 5. The number of imide groups is 1. The van der Waals surface area contributed by atoms with E-state index in [2.05, 4.69) is 4.74 Å². The van der Waals surface area contributed by atoms with E-state index in [4.69, 9.17) is 4.74 Å². The van der Waals surface area contributed by atoms with E-state index in [0.717, 1.165) is 10.5 Å². The standard InChI is InChI=1S/C25H19F2NO4/c1-15-6-5-7-17(12-15)28-23(29)19-9-4-3-8-18(19)20(24(28)30)13-16-10-11-21(32-25(26)27)22(14-16)31-2/h3-14,25H,1-2H3/b20-13-. The Morgan fingerprint density at radius 1 is 0.875 bits per heavy atom. The molecule has 7 heteroatoms. The molecule has 0 atom stereocenters. The molecule has 4 rings (SSSR count). The number of carbonyl (C=O) groups is 2. The molecule has 1 aliphatic rings. The first kappa shape index (κ1) is 21.2. The van der Waals surface area contributed by atoms with Crippen LogP contribution >= 0.6 is 0 Å². The zero-order valence-electron chi connectivity index (χ0n) is 17.3. The van der Waals surface area contributed by atoms with Crippen molar-refractivity contribution >= 4 is 29.2 Å². The molecule has 5 nitrogen and oxygen atoms in total. The van der Waals surface area contributed by atoms with E-state index in [1.54, 1.807) is 48.5 Å². The molecular formula is C25H19F2NO4. The van der Waals surface area contributed by atoms with Crippen LogP contribution in [0.2, 0.25) is 0 Å². The molecule has 0 fully saturated rings. The molecule has 32 heavy (non-hydrogen) atoms. The van der Waals surface area contributed by atoms with Crippen molar-refractivity contribution in [2.75, 3.05) is 12.0 Å². The molecule has 0 saturated carbocycles. The third-order valence-corrected chi connectivity index (χ3v) is 5.06. The van der Waals surface area contributed by atoms with Crippen molar-refractivity contribution in [1.82, 2.24) is 0 Å². The SMILES string of the molecule is COc1cc(/C=C2\C(=O)N(c3cccc(C)c3)C(=O)c3ccccc32)ccc1OC(F)F. The molecule has 0 aromatic heterocycles. The van der Waals surface area contributed by atoms with Crippen LogP contribution in [0.4, 0.5) is 14.5 Å². The molecule has 2 amide bonds. The molecule has 162 valence electrons. The van der Waals surface area contributed by atoms with Crippen molar-refractivity contribution in [2.24, 2.45) is 0 Å². The van der Waals surface area contributed by atoms with Gasteiger partial charge in [-0.1, -0.05) is 36.4 Å². The second kappa shape index (κ2) is 8.63. The maximum absolute atomic E-state index is 13.5. The Hall–Kier alpha value is -4.00. The molecule has 0 radical (unpaired) electrons. The van der Waals surface area contributed by atoms with Crippen LogP contribution in [0, 0.1) is 6.92 Å². The van der Waals surface area contributed by atoms with Crippen LogP contribution in [0.3, 0.4) is 0 Å². The molecule has 1 heterocycles. The summed E-state index contributed by atoms with van der Waals surface area (Å²) in [7, 11) is 1.34. The number of fused-ring (bicyclic) bond motifs is 1. The smallest absolute Gasteiger partial charge is 0.387 e. The van der Waals surface area contributed by atoms with Gasteiger partial charge in [-0.2, -0.15) is 8.78 Å². The summed E-state index contributed by atoms with van der Waals surface area (Å²) in [4.78, 5) is 27.8. The topological polar surface area (TPSA) is 55.8 Å². The number of carbonyl (C=O) groups excluding carboxylic acids is 2. The first-order valence-electron chi connectivity index (χ1n) is 9.78. The number of nitrogens with zero attached hydrogens (tertiary/aromatic N) is 1. The Morgan fingerprint density at radius 2 is 1.62 bits per heavy atom. The number of hydrogen-bond acceptors (Lipinski definition) is 4.